The summed E-state index contributed by atoms with van der Waals surface area (Å²) < 4.78 is 8.07. The summed E-state index contributed by atoms with van der Waals surface area (Å²) in [6, 6.07) is 28.0. The Morgan fingerprint density at radius 1 is 0.939 bits per heavy atom. The maximum Gasteiger partial charge on any atom is 0.307 e. The van der Waals surface area contributed by atoms with Crippen molar-refractivity contribution in [2.24, 2.45) is 0 Å². The predicted molar refractivity (Wildman–Crippen MR) is 130 cm³/mol. The van der Waals surface area contributed by atoms with Crippen LogP contribution in [0, 0.1) is 0 Å². The highest BCUT2D eigenvalue weighted by Gasteiger charge is 2.17. The number of rotatable bonds is 10. The molecule has 0 aliphatic rings. The second-order valence-corrected chi connectivity index (χ2v) is 8.03. The van der Waals surface area contributed by atoms with Crippen LogP contribution in [-0.4, -0.2) is 27.5 Å². The van der Waals surface area contributed by atoms with Gasteiger partial charge in [0.25, 0.3) is 0 Å². The van der Waals surface area contributed by atoms with Gasteiger partial charge < -0.3 is 9.84 Å². The van der Waals surface area contributed by atoms with Crippen molar-refractivity contribution in [3.05, 3.63) is 96.1 Å². The van der Waals surface area contributed by atoms with Gasteiger partial charge in [0.1, 0.15) is 5.75 Å². The zero-order valence-electron chi connectivity index (χ0n) is 18.8. The van der Waals surface area contributed by atoms with Crippen molar-refractivity contribution in [2.75, 3.05) is 6.61 Å². The van der Waals surface area contributed by atoms with Gasteiger partial charge in [-0.3, -0.25) is 9.48 Å². The fourth-order valence-electron chi connectivity index (χ4n) is 3.78. The van der Waals surface area contributed by atoms with Crippen molar-refractivity contribution >= 4 is 5.97 Å². The Morgan fingerprint density at radius 3 is 2.36 bits per heavy atom. The first-order chi connectivity index (χ1) is 16.1. The number of aliphatic carboxylic acids is 1. The lowest BCUT2D eigenvalue weighted by molar-refractivity contribution is -0.136. The predicted octanol–water partition coefficient (Wildman–Crippen LogP) is 6.07. The summed E-state index contributed by atoms with van der Waals surface area (Å²) in [5.74, 6) is -0.137. The van der Waals surface area contributed by atoms with Crippen LogP contribution in [0.25, 0.3) is 22.5 Å². The number of hydrogen-bond acceptors (Lipinski definition) is 3. The van der Waals surface area contributed by atoms with Gasteiger partial charge in [-0.25, -0.2) is 0 Å². The molecule has 0 atom stereocenters. The number of hydrogen-bond donors (Lipinski definition) is 1. The third-order valence-corrected chi connectivity index (χ3v) is 5.46. The maximum atomic E-state index is 11.3. The van der Waals surface area contributed by atoms with Gasteiger partial charge >= 0.3 is 5.97 Å². The summed E-state index contributed by atoms with van der Waals surface area (Å²) in [7, 11) is 0. The zero-order valence-corrected chi connectivity index (χ0v) is 18.8. The van der Waals surface area contributed by atoms with Crippen LogP contribution in [0.15, 0.2) is 84.9 Å². The Balaban J connectivity index is 1.79. The Morgan fingerprint density at radius 2 is 1.67 bits per heavy atom. The molecule has 0 saturated heterocycles. The summed E-state index contributed by atoms with van der Waals surface area (Å²) in [6.45, 7) is 3.36. The van der Waals surface area contributed by atoms with Crippen LogP contribution in [0.2, 0.25) is 0 Å². The molecule has 4 aromatic rings. The maximum absolute atomic E-state index is 11.3. The van der Waals surface area contributed by atoms with E-state index >= 15 is 0 Å². The number of unbranched alkanes of at least 4 members (excludes halogenated alkanes) is 1. The lowest BCUT2D eigenvalue weighted by atomic mass is 10.0. The lowest BCUT2D eigenvalue weighted by Gasteiger charge is -2.11. The van der Waals surface area contributed by atoms with Gasteiger partial charge in [-0.1, -0.05) is 80.1 Å². The van der Waals surface area contributed by atoms with Crippen molar-refractivity contribution in [2.45, 2.75) is 32.7 Å². The van der Waals surface area contributed by atoms with Crippen LogP contribution >= 0.6 is 0 Å². The second kappa shape index (κ2) is 10.6. The van der Waals surface area contributed by atoms with E-state index in [2.05, 4.69) is 37.3 Å². The standard InChI is InChI=1S/C28H28N2O3/c1-2-3-16-33-27-15-14-22(18-28(31)32)17-24(27)25-19-26(23-12-8-5-9-13-23)30(29-25)20-21-10-6-4-7-11-21/h4-15,17,19H,2-3,16,18,20H2,1H3,(H,31,32). The second-order valence-electron chi connectivity index (χ2n) is 8.03. The molecule has 0 unspecified atom stereocenters. The van der Waals surface area contributed by atoms with Crippen LogP contribution in [-0.2, 0) is 17.8 Å². The van der Waals surface area contributed by atoms with E-state index in [1.54, 1.807) is 0 Å². The quantitative estimate of drug-likeness (QED) is 0.304. The molecular weight excluding hydrogens is 412 g/mol. The summed E-state index contributed by atoms with van der Waals surface area (Å²) in [5, 5.41) is 14.2. The first-order valence-corrected chi connectivity index (χ1v) is 11.3. The van der Waals surface area contributed by atoms with E-state index < -0.39 is 5.97 Å². The molecule has 0 spiro atoms. The number of ether oxygens (including phenoxy) is 1. The molecule has 168 valence electrons. The van der Waals surface area contributed by atoms with E-state index in [9.17, 15) is 9.90 Å². The minimum absolute atomic E-state index is 0.0431. The number of carbonyl (C=O) groups is 1. The molecule has 0 amide bonds. The highest BCUT2D eigenvalue weighted by atomic mass is 16.5. The highest BCUT2D eigenvalue weighted by Crippen LogP contribution is 2.34. The van der Waals surface area contributed by atoms with Crippen LogP contribution in [0.5, 0.6) is 5.75 Å². The van der Waals surface area contributed by atoms with Gasteiger partial charge in [-0.15, -0.1) is 0 Å². The topological polar surface area (TPSA) is 64.3 Å². The number of carboxylic acids is 1. The third kappa shape index (κ3) is 5.69. The SMILES string of the molecule is CCCCOc1ccc(CC(=O)O)cc1-c1cc(-c2ccccc2)n(Cc2ccccc2)n1. The van der Waals surface area contributed by atoms with E-state index in [-0.39, 0.29) is 6.42 Å². The van der Waals surface area contributed by atoms with Crippen LogP contribution in [0.4, 0.5) is 0 Å². The van der Waals surface area contributed by atoms with E-state index in [1.165, 1.54) is 0 Å². The molecule has 3 aromatic carbocycles. The number of benzene rings is 3. The van der Waals surface area contributed by atoms with E-state index in [1.807, 2.05) is 59.3 Å². The van der Waals surface area contributed by atoms with Crippen LogP contribution in [0.1, 0.15) is 30.9 Å². The van der Waals surface area contributed by atoms with Gasteiger partial charge in [0.2, 0.25) is 0 Å². The molecule has 1 N–H and O–H groups in total. The molecular formula is C28H28N2O3. The van der Waals surface area contributed by atoms with Crippen molar-refractivity contribution in [3.63, 3.8) is 0 Å². The van der Waals surface area contributed by atoms with Gasteiger partial charge in [-0.2, -0.15) is 5.10 Å². The largest absolute Gasteiger partial charge is 0.493 e. The Hall–Kier alpha value is -3.86. The van der Waals surface area contributed by atoms with Crippen LogP contribution < -0.4 is 4.74 Å². The fourth-order valence-corrected chi connectivity index (χ4v) is 3.78. The van der Waals surface area contributed by atoms with Crippen molar-refractivity contribution in [1.82, 2.24) is 9.78 Å². The molecule has 0 aliphatic carbocycles. The molecule has 1 heterocycles. The van der Waals surface area contributed by atoms with E-state index in [0.29, 0.717) is 13.2 Å². The number of aromatic nitrogens is 2. The van der Waals surface area contributed by atoms with Crippen molar-refractivity contribution in [1.29, 1.82) is 0 Å². The summed E-state index contributed by atoms with van der Waals surface area (Å²) in [6.07, 6.45) is 1.95. The number of nitrogens with zero attached hydrogens (tertiary/aromatic N) is 2. The molecule has 5 nitrogen and oxygen atoms in total. The van der Waals surface area contributed by atoms with Gasteiger partial charge in [0.15, 0.2) is 0 Å². The first-order valence-electron chi connectivity index (χ1n) is 11.3. The van der Waals surface area contributed by atoms with E-state index in [4.69, 9.17) is 9.84 Å². The molecule has 0 bridgehead atoms. The molecule has 4 rings (SSSR count). The minimum atomic E-state index is -0.861. The molecule has 0 radical (unpaired) electrons. The van der Waals surface area contributed by atoms with Gasteiger partial charge in [0.05, 0.1) is 31.0 Å². The minimum Gasteiger partial charge on any atom is -0.493 e. The normalized spacial score (nSPS) is 10.8. The van der Waals surface area contributed by atoms with Gasteiger partial charge in [0, 0.05) is 5.56 Å². The Bertz CT molecular complexity index is 1200. The lowest BCUT2D eigenvalue weighted by Crippen LogP contribution is -2.05. The molecule has 0 fully saturated rings. The summed E-state index contributed by atoms with van der Waals surface area (Å²) in [4.78, 5) is 11.3. The molecule has 33 heavy (non-hydrogen) atoms. The first kappa shape index (κ1) is 22.3. The fraction of sp³-hybridized carbons (Fsp3) is 0.214. The molecule has 5 heteroatoms. The molecule has 0 saturated carbocycles. The third-order valence-electron chi connectivity index (χ3n) is 5.46. The smallest absolute Gasteiger partial charge is 0.307 e. The average Bonchev–Trinajstić information content (AvgIpc) is 3.24. The monoisotopic (exact) mass is 440 g/mol. The Labute approximate surface area is 194 Å². The summed E-state index contributed by atoms with van der Waals surface area (Å²) >= 11 is 0. The Kier molecular flexibility index (Phi) is 7.20. The summed E-state index contributed by atoms with van der Waals surface area (Å²) in [5.41, 5.74) is 5.53. The van der Waals surface area contributed by atoms with Crippen molar-refractivity contribution < 1.29 is 14.6 Å². The molecule has 0 aliphatic heterocycles. The highest BCUT2D eigenvalue weighted by molar-refractivity contribution is 5.76. The van der Waals surface area contributed by atoms with E-state index in [0.717, 1.165) is 52.2 Å². The van der Waals surface area contributed by atoms with Crippen molar-refractivity contribution in [3.8, 4) is 28.3 Å². The zero-order chi connectivity index (χ0) is 23.0. The average molecular weight is 441 g/mol. The van der Waals surface area contributed by atoms with Gasteiger partial charge in [-0.05, 0) is 41.3 Å². The van der Waals surface area contributed by atoms with Crippen LogP contribution in [0.3, 0.4) is 0 Å². The molecule has 1 aromatic heterocycles. The number of carboxylic acid groups (broad SMARTS) is 1.